The molecule has 0 N–H and O–H groups in total. The van der Waals surface area contributed by atoms with Crippen LogP contribution < -0.4 is 0 Å². The predicted molar refractivity (Wildman–Crippen MR) is 152 cm³/mol. The number of para-hydroxylation sites is 4. The zero-order valence-corrected chi connectivity index (χ0v) is 21.6. The molecule has 0 saturated carbocycles. The van der Waals surface area contributed by atoms with Crippen molar-refractivity contribution < 1.29 is 8.83 Å². The van der Waals surface area contributed by atoms with E-state index < -0.39 is 8.07 Å². The molecule has 0 amide bonds. The van der Waals surface area contributed by atoms with Crippen molar-refractivity contribution in [2.75, 3.05) is 0 Å². The van der Waals surface area contributed by atoms with Crippen LogP contribution in [-0.2, 0) is 0 Å². The van der Waals surface area contributed by atoms with Crippen molar-refractivity contribution in [1.29, 1.82) is 0 Å². The highest BCUT2D eigenvalue weighted by Crippen LogP contribution is 2.55. The molecular weight excluding hydrogens is 472 g/mol. The van der Waals surface area contributed by atoms with Crippen molar-refractivity contribution in [2.45, 2.75) is 13.1 Å². The lowest BCUT2D eigenvalue weighted by atomic mass is 9.91. The number of hydrogen-bond acceptors (Lipinski definition) is 4. The molecule has 4 aromatic carbocycles. The van der Waals surface area contributed by atoms with Crippen molar-refractivity contribution in [2.24, 2.45) is 0 Å². The van der Waals surface area contributed by atoms with Gasteiger partial charge in [0.15, 0.2) is 11.2 Å². The van der Waals surface area contributed by atoms with Crippen LogP contribution in [0.3, 0.4) is 0 Å². The van der Waals surface area contributed by atoms with Gasteiger partial charge in [0.1, 0.15) is 19.1 Å². The van der Waals surface area contributed by atoms with E-state index in [2.05, 4.69) is 61.6 Å². The van der Waals surface area contributed by atoms with Gasteiger partial charge in [0.2, 0.25) is 11.8 Å². The van der Waals surface area contributed by atoms with Gasteiger partial charge in [-0.05, 0) is 46.5 Å². The van der Waals surface area contributed by atoms with Gasteiger partial charge < -0.3 is 8.83 Å². The van der Waals surface area contributed by atoms with E-state index in [1.807, 2.05) is 60.7 Å². The molecule has 0 fully saturated rings. The minimum Gasteiger partial charge on any atom is -0.437 e. The summed E-state index contributed by atoms with van der Waals surface area (Å²) >= 11 is 0. The number of aromatic nitrogens is 2. The van der Waals surface area contributed by atoms with Gasteiger partial charge in [-0.1, -0.05) is 98.0 Å². The Morgan fingerprint density at radius 3 is 1.27 bits per heavy atom. The third-order valence-corrected chi connectivity index (χ3v) is 10.6. The molecule has 0 atom stereocenters. The van der Waals surface area contributed by atoms with Gasteiger partial charge in [-0.2, -0.15) is 0 Å². The summed E-state index contributed by atoms with van der Waals surface area (Å²) in [7, 11) is -2.45. The third kappa shape index (κ3) is 3.43. The van der Waals surface area contributed by atoms with Crippen molar-refractivity contribution in [1.82, 2.24) is 9.97 Å². The number of rotatable bonds is 4. The van der Waals surface area contributed by atoms with Crippen LogP contribution in [-0.4, -0.2) is 18.0 Å². The Morgan fingerprint density at radius 1 is 0.486 bits per heavy atom. The first kappa shape index (κ1) is 21.8. The Balaban J connectivity index is 1.60. The average Bonchev–Trinajstić information content (AvgIpc) is 3.60. The van der Waals surface area contributed by atoms with E-state index >= 15 is 0 Å². The van der Waals surface area contributed by atoms with E-state index in [1.165, 1.54) is 0 Å². The van der Waals surface area contributed by atoms with Crippen LogP contribution in [0.25, 0.3) is 43.7 Å². The first-order valence-electron chi connectivity index (χ1n) is 12.4. The van der Waals surface area contributed by atoms with Crippen LogP contribution in [0, 0.1) is 0 Å². The fourth-order valence-corrected chi connectivity index (χ4v) is 8.82. The van der Waals surface area contributed by atoms with Crippen LogP contribution in [0.4, 0.5) is 0 Å². The zero-order valence-electron chi connectivity index (χ0n) is 20.6. The van der Waals surface area contributed by atoms with Gasteiger partial charge >= 0.3 is 0 Å². The topological polar surface area (TPSA) is 52.1 Å². The smallest absolute Gasteiger partial charge is 0.220 e. The zero-order chi connectivity index (χ0) is 25.0. The minimum absolute atomic E-state index is 0.677. The van der Waals surface area contributed by atoms with E-state index in [0.29, 0.717) is 11.8 Å². The average molecular weight is 497 g/mol. The predicted octanol–water partition coefficient (Wildman–Crippen LogP) is 8.29. The SMILES string of the molecule is C[Si]1(C)C(c2nc3ccccc3o2)=C(c2ccccc2)C(c2ccccc2)=C1c1nc2ccccc2o1. The summed E-state index contributed by atoms with van der Waals surface area (Å²) in [6, 6.07) is 37.0. The number of fused-ring (bicyclic) bond motifs is 2. The van der Waals surface area contributed by atoms with Gasteiger partial charge in [-0.15, -0.1) is 0 Å². The molecule has 1 aliphatic heterocycles. The maximum absolute atomic E-state index is 6.45. The van der Waals surface area contributed by atoms with Crippen LogP contribution in [0.2, 0.25) is 13.1 Å². The largest absolute Gasteiger partial charge is 0.437 e. The van der Waals surface area contributed by atoms with E-state index in [-0.39, 0.29) is 0 Å². The Bertz CT molecular complexity index is 1640. The van der Waals surface area contributed by atoms with Crippen molar-refractivity contribution in [3.63, 3.8) is 0 Å². The normalized spacial score (nSPS) is 15.3. The fraction of sp³-hybridized carbons (Fsp3) is 0.0625. The summed E-state index contributed by atoms with van der Waals surface area (Å²) in [6.07, 6.45) is 0. The first-order valence-corrected chi connectivity index (χ1v) is 15.4. The Morgan fingerprint density at radius 2 is 0.865 bits per heavy atom. The van der Waals surface area contributed by atoms with Gasteiger partial charge in [0.25, 0.3) is 0 Å². The highest BCUT2D eigenvalue weighted by atomic mass is 28.3. The summed E-state index contributed by atoms with van der Waals surface area (Å²) < 4.78 is 12.9. The lowest BCUT2D eigenvalue weighted by Crippen LogP contribution is -2.28. The van der Waals surface area contributed by atoms with E-state index in [1.54, 1.807) is 0 Å². The quantitative estimate of drug-likeness (QED) is 0.230. The van der Waals surface area contributed by atoms with Crippen molar-refractivity contribution in [3.8, 4) is 0 Å². The van der Waals surface area contributed by atoms with Crippen molar-refractivity contribution >= 4 is 51.8 Å². The molecule has 6 aromatic rings. The second-order valence-electron chi connectivity index (χ2n) is 9.83. The van der Waals surface area contributed by atoms with Gasteiger partial charge in [-0.3, -0.25) is 0 Å². The molecule has 3 heterocycles. The van der Waals surface area contributed by atoms with Crippen LogP contribution >= 0.6 is 0 Å². The maximum Gasteiger partial charge on any atom is 0.220 e. The molecule has 0 unspecified atom stereocenters. The number of allylic oxidation sites excluding steroid dienone is 2. The van der Waals surface area contributed by atoms with Crippen LogP contribution in [0.1, 0.15) is 22.9 Å². The second-order valence-corrected chi connectivity index (χ2v) is 14.1. The maximum atomic E-state index is 6.45. The number of nitrogens with zero attached hydrogens (tertiary/aromatic N) is 2. The van der Waals surface area contributed by atoms with Gasteiger partial charge in [0, 0.05) is 10.4 Å². The number of hydrogen-bond donors (Lipinski definition) is 0. The Labute approximate surface area is 215 Å². The summed E-state index contributed by atoms with van der Waals surface area (Å²) in [6.45, 7) is 4.69. The molecule has 0 spiro atoms. The second kappa shape index (κ2) is 8.29. The summed E-state index contributed by atoms with van der Waals surface area (Å²) in [5.41, 5.74) is 7.85. The first-order chi connectivity index (χ1) is 18.1. The fourth-order valence-electron chi connectivity index (χ4n) is 5.49. The standard InChI is InChI=1S/C32H24N2O2Si/c1-37(2)29(31-33-23-17-9-11-19-25(23)35-31)27(21-13-5-3-6-14-21)28(22-15-7-4-8-16-22)30(37)32-34-24-18-10-12-20-26(24)36-32/h3-20H,1-2H3. The van der Waals surface area contributed by atoms with E-state index in [9.17, 15) is 0 Å². The lowest BCUT2D eigenvalue weighted by Gasteiger charge is -2.21. The molecule has 0 bridgehead atoms. The summed E-state index contributed by atoms with van der Waals surface area (Å²) in [4.78, 5) is 10.00. The molecule has 5 heteroatoms. The number of benzene rings is 4. The molecule has 4 nitrogen and oxygen atoms in total. The lowest BCUT2D eigenvalue weighted by molar-refractivity contribution is 0.586. The van der Waals surface area contributed by atoms with E-state index in [4.69, 9.17) is 18.8 Å². The molecule has 37 heavy (non-hydrogen) atoms. The van der Waals surface area contributed by atoms with Crippen LogP contribution in [0.5, 0.6) is 0 Å². The van der Waals surface area contributed by atoms with E-state index in [0.717, 1.165) is 54.9 Å². The molecule has 0 radical (unpaired) electrons. The van der Waals surface area contributed by atoms with Crippen molar-refractivity contribution in [3.05, 3.63) is 132 Å². The molecule has 1 aliphatic rings. The highest BCUT2D eigenvalue weighted by Gasteiger charge is 2.47. The Hall–Kier alpha value is -4.48. The Kier molecular flexibility index (Phi) is 4.88. The van der Waals surface area contributed by atoms with Gasteiger partial charge in [0.05, 0.1) is 0 Å². The van der Waals surface area contributed by atoms with Crippen LogP contribution in [0.15, 0.2) is 118 Å². The summed E-state index contributed by atoms with van der Waals surface area (Å²) in [5, 5.41) is 2.32. The third-order valence-electron chi connectivity index (χ3n) is 7.14. The monoisotopic (exact) mass is 496 g/mol. The molecule has 7 rings (SSSR count). The minimum atomic E-state index is -2.45. The molecule has 2 aromatic heterocycles. The number of oxazole rings is 2. The molecule has 0 aliphatic carbocycles. The molecular formula is C32H24N2O2Si. The molecule has 178 valence electrons. The highest BCUT2D eigenvalue weighted by molar-refractivity contribution is 7.12. The van der Waals surface area contributed by atoms with Gasteiger partial charge in [-0.25, -0.2) is 9.97 Å². The molecule has 0 saturated heterocycles. The summed E-state index contributed by atoms with van der Waals surface area (Å²) in [5.74, 6) is 1.35.